The van der Waals surface area contributed by atoms with E-state index in [1.807, 2.05) is 30.0 Å². The summed E-state index contributed by atoms with van der Waals surface area (Å²) in [6.45, 7) is 0.725. The van der Waals surface area contributed by atoms with Crippen molar-refractivity contribution >= 4 is 56.1 Å². The summed E-state index contributed by atoms with van der Waals surface area (Å²) in [5, 5.41) is 0. The maximum Gasteiger partial charge on any atom is 0.167 e. The van der Waals surface area contributed by atoms with Gasteiger partial charge in [0.25, 0.3) is 0 Å². The van der Waals surface area contributed by atoms with Crippen molar-refractivity contribution in [3.8, 4) is 0 Å². The average Bonchev–Trinajstić information content (AvgIpc) is 2.50. The van der Waals surface area contributed by atoms with E-state index in [1.54, 1.807) is 0 Å². The van der Waals surface area contributed by atoms with Crippen LogP contribution in [0.15, 0.2) is 22.7 Å². The maximum absolute atomic E-state index is 12.9. The van der Waals surface area contributed by atoms with E-state index in [0.29, 0.717) is 0 Å². The molecule has 2 nitrogen and oxygen atoms in total. The van der Waals surface area contributed by atoms with Crippen molar-refractivity contribution in [2.75, 3.05) is 18.1 Å². The molecule has 3 rings (SSSR count). The van der Waals surface area contributed by atoms with Crippen LogP contribution in [0.1, 0.15) is 36.0 Å². The molecule has 0 aliphatic carbocycles. The number of ether oxygens (including phenoxy) is 1. The Morgan fingerprint density at radius 3 is 2.90 bits per heavy atom. The minimum absolute atomic E-state index is 0.0295. The molecule has 1 atom stereocenters. The molecule has 0 saturated carbocycles. The van der Waals surface area contributed by atoms with Gasteiger partial charge >= 0.3 is 0 Å². The van der Waals surface area contributed by atoms with Gasteiger partial charge in [-0.05, 0) is 78.0 Å². The van der Waals surface area contributed by atoms with Gasteiger partial charge < -0.3 is 4.74 Å². The second kappa shape index (κ2) is 6.89. The highest BCUT2D eigenvalue weighted by Crippen LogP contribution is 2.41. The Balaban J connectivity index is 1.79. The normalized spacial score (nSPS) is 25.0. The zero-order chi connectivity index (χ0) is 14.9. The third-order valence-electron chi connectivity index (χ3n) is 4.46. The molecule has 0 bridgehead atoms. The number of carbonyl (C=O) groups excluding carboxylic acids is 1. The van der Waals surface area contributed by atoms with Crippen molar-refractivity contribution in [3.63, 3.8) is 0 Å². The van der Waals surface area contributed by atoms with Crippen LogP contribution in [0.4, 0.5) is 0 Å². The van der Waals surface area contributed by atoms with E-state index in [2.05, 4.69) is 38.5 Å². The maximum atomic E-state index is 12.9. The highest BCUT2D eigenvalue weighted by Gasteiger charge is 2.41. The molecule has 2 aliphatic rings. The monoisotopic (exact) mass is 480 g/mol. The van der Waals surface area contributed by atoms with Crippen molar-refractivity contribution in [1.82, 2.24) is 0 Å². The van der Waals surface area contributed by atoms with Gasteiger partial charge in [-0.1, -0.05) is 15.9 Å². The Bertz CT molecular complexity index is 538. The standard InChI is InChI=1S/C16H18BrIO2S/c17-14-2-1-12(18)9-13(14)15(19)11-3-6-20-16(10-11)4-7-21-8-5-16/h1-2,9,11H,3-8,10H2. The van der Waals surface area contributed by atoms with Crippen LogP contribution >= 0.6 is 50.3 Å². The first-order chi connectivity index (χ1) is 10.1. The number of benzene rings is 1. The highest BCUT2D eigenvalue weighted by atomic mass is 127. The molecule has 2 fully saturated rings. The third kappa shape index (κ3) is 3.67. The van der Waals surface area contributed by atoms with Gasteiger partial charge in [0.2, 0.25) is 0 Å². The van der Waals surface area contributed by atoms with Crippen LogP contribution in [0.2, 0.25) is 0 Å². The number of thioether (sulfide) groups is 1. The molecule has 2 aliphatic heterocycles. The molecule has 1 aromatic carbocycles. The Hall–Kier alpha value is 0.410. The largest absolute Gasteiger partial charge is 0.375 e. The van der Waals surface area contributed by atoms with E-state index in [0.717, 1.165) is 57.4 Å². The summed E-state index contributed by atoms with van der Waals surface area (Å²) in [6, 6.07) is 5.98. The molecule has 114 valence electrons. The Morgan fingerprint density at radius 1 is 1.38 bits per heavy atom. The first-order valence-corrected chi connectivity index (χ1v) is 10.3. The van der Waals surface area contributed by atoms with Crippen LogP contribution in [0, 0.1) is 9.49 Å². The van der Waals surface area contributed by atoms with E-state index in [-0.39, 0.29) is 17.3 Å². The predicted octanol–water partition coefficient (Wildman–Crippen LogP) is 4.93. The van der Waals surface area contributed by atoms with Gasteiger partial charge in [0.15, 0.2) is 5.78 Å². The summed E-state index contributed by atoms with van der Waals surface area (Å²) in [5.41, 5.74) is 0.798. The summed E-state index contributed by atoms with van der Waals surface area (Å²) in [5.74, 6) is 2.71. The summed E-state index contributed by atoms with van der Waals surface area (Å²) in [4.78, 5) is 12.9. The van der Waals surface area contributed by atoms with Gasteiger partial charge in [0.1, 0.15) is 0 Å². The minimum atomic E-state index is -0.0295. The van der Waals surface area contributed by atoms with Crippen molar-refractivity contribution in [3.05, 3.63) is 31.8 Å². The van der Waals surface area contributed by atoms with E-state index in [4.69, 9.17) is 4.74 Å². The molecular formula is C16H18BrIO2S. The lowest BCUT2D eigenvalue weighted by Crippen LogP contribution is -2.44. The fraction of sp³-hybridized carbons (Fsp3) is 0.562. The van der Waals surface area contributed by atoms with Crippen molar-refractivity contribution in [1.29, 1.82) is 0 Å². The van der Waals surface area contributed by atoms with Gasteiger partial charge in [-0.3, -0.25) is 4.79 Å². The molecule has 0 aromatic heterocycles. The van der Waals surface area contributed by atoms with Gasteiger partial charge in [-0.2, -0.15) is 11.8 Å². The third-order valence-corrected chi connectivity index (χ3v) is 6.81. The highest BCUT2D eigenvalue weighted by molar-refractivity contribution is 14.1. The molecule has 2 heterocycles. The number of Topliss-reactive ketones (excluding diaryl/α,β-unsaturated/α-hetero) is 1. The number of ketones is 1. The number of rotatable bonds is 2. The lowest BCUT2D eigenvalue weighted by atomic mass is 9.79. The molecule has 5 heteroatoms. The van der Waals surface area contributed by atoms with Crippen LogP contribution in [-0.2, 0) is 4.74 Å². The Morgan fingerprint density at radius 2 is 2.14 bits per heavy atom. The summed E-state index contributed by atoms with van der Waals surface area (Å²) in [7, 11) is 0. The van der Waals surface area contributed by atoms with E-state index in [1.165, 1.54) is 0 Å². The molecule has 1 spiro atoms. The molecule has 0 amide bonds. The zero-order valence-electron chi connectivity index (χ0n) is 11.7. The fourth-order valence-electron chi connectivity index (χ4n) is 3.25. The van der Waals surface area contributed by atoms with Gasteiger partial charge in [0.05, 0.1) is 5.60 Å². The summed E-state index contributed by atoms with van der Waals surface area (Å²) < 4.78 is 8.11. The summed E-state index contributed by atoms with van der Waals surface area (Å²) >= 11 is 7.79. The molecule has 0 radical (unpaired) electrons. The van der Waals surface area contributed by atoms with Gasteiger partial charge in [0, 0.05) is 26.1 Å². The Labute approximate surface area is 152 Å². The minimum Gasteiger partial charge on any atom is -0.375 e. The van der Waals surface area contributed by atoms with E-state index >= 15 is 0 Å². The zero-order valence-corrected chi connectivity index (χ0v) is 16.3. The van der Waals surface area contributed by atoms with Crippen LogP contribution in [0.25, 0.3) is 0 Å². The van der Waals surface area contributed by atoms with E-state index in [9.17, 15) is 4.79 Å². The number of hydrogen-bond acceptors (Lipinski definition) is 3. The van der Waals surface area contributed by atoms with Crippen LogP contribution in [0.3, 0.4) is 0 Å². The van der Waals surface area contributed by atoms with Gasteiger partial charge in [-0.25, -0.2) is 0 Å². The van der Waals surface area contributed by atoms with Gasteiger partial charge in [-0.15, -0.1) is 0 Å². The first kappa shape index (κ1) is 16.3. The quantitative estimate of drug-likeness (QED) is 0.443. The molecular weight excluding hydrogens is 463 g/mol. The lowest BCUT2D eigenvalue weighted by molar-refractivity contribution is -0.0959. The number of hydrogen-bond donors (Lipinski definition) is 0. The topological polar surface area (TPSA) is 26.3 Å². The van der Waals surface area contributed by atoms with Crippen LogP contribution in [0.5, 0.6) is 0 Å². The molecule has 1 aromatic rings. The summed E-state index contributed by atoms with van der Waals surface area (Å²) in [6.07, 6.45) is 3.93. The number of halogens is 2. The van der Waals surface area contributed by atoms with Crippen molar-refractivity contribution in [2.45, 2.75) is 31.3 Å². The molecule has 2 saturated heterocycles. The smallest absolute Gasteiger partial charge is 0.167 e. The molecule has 21 heavy (non-hydrogen) atoms. The lowest BCUT2D eigenvalue weighted by Gasteiger charge is -2.43. The SMILES string of the molecule is O=C(c1cc(I)ccc1Br)C1CCOC2(CCSCC2)C1. The van der Waals surface area contributed by atoms with Crippen LogP contribution in [-0.4, -0.2) is 29.5 Å². The first-order valence-electron chi connectivity index (χ1n) is 7.31. The van der Waals surface area contributed by atoms with Crippen molar-refractivity contribution in [2.24, 2.45) is 5.92 Å². The second-order valence-electron chi connectivity index (χ2n) is 5.82. The van der Waals surface area contributed by atoms with E-state index < -0.39 is 0 Å². The van der Waals surface area contributed by atoms with Crippen molar-refractivity contribution < 1.29 is 9.53 Å². The molecule has 1 unspecified atom stereocenters. The average molecular weight is 481 g/mol. The molecule has 0 N–H and O–H groups in total. The second-order valence-corrected chi connectivity index (χ2v) is 9.15. The van der Waals surface area contributed by atoms with Crippen LogP contribution < -0.4 is 0 Å². The number of carbonyl (C=O) groups is 1. The predicted molar refractivity (Wildman–Crippen MR) is 99.2 cm³/mol. The fourth-order valence-corrected chi connectivity index (χ4v) is 5.42. The Kier molecular flexibility index (Phi) is 5.34.